The molecule has 2 aromatic rings. The maximum absolute atomic E-state index is 13.7. The smallest absolute Gasteiger partial charge is 0.244 e. The minimum absolute atomic E-state index is 0.0468. The van der Waals surface area contributed by atoms with Gasteiger partial charge in [-0.05, 0) is 42.0 Å². The summed E-state index contributed by atoms with van der Waals surface area (Å²) < 4.78 is 26.7. The van der Waals surface area contributed by atoms with Crippen LogP contribution in [0, 0.1) is 5.92 Å². The van der Waals surface area contributed by atoms with Crippen LogP contribution in [0.2, 0.25) is 5.02 Å². The topological polar surface area (TPSA) is 86.8 Å². The summed E-state index contributed by atoms with van der Waals surface area (Å²) in [4.78, 5) is 27.9. The number of hydrogen-bond donors (Lipinski definition) is 1. The number of carbonyl (C=O) groups excluding carboxylic acids is 2. The number of amides is 2. The van der Waals surface area contributed by atoms with E-state index in [1.54, 1.807) is 43.3 Å². The first-order valence-electron chi connectivity index (χ1n) is 11.7. The van der Waals surface area contributed by atoms with Gasteiger partial charge in [0.25, 0.3) is 0 Å². The van der Waals surface area contributed by atoms with Gasteiger partial charge in [-0.2, -0.15) is 0 Å². The quantitative estimate of drug-likeness (QED) is 0.474. The van der Waals surface area contributed by atoms with Crippen molar-refractivity contribution in [1.82, 2.24) is 10.2 Å². The largest absolute Gasteiger partial charge is 0.354 e. The Bertz CT molecular complexity index is 1130. The van der Waals surface area contributed by atoms with E-state index in [1.165, 1.54) is 4.90 Å². The molecule has 0 radical (unpaired) electrons. The van der Waals surface area contributed by atoms with Gasteiger partial charge in [0.1, 0.15) is 12.6 Å². The molecule has 35 heavy (non-hydrogen) atoms. The second-order valence-corrected chi connectivity index (χ2v) is 11.7. The highest BCUT2D eigenvalue weighted by Gasteiger charge is 2.31. The number of rotatable bonds is 11. The molecular weight excluding hydrogens is 486 g/mol. The van der Waals surface area contributed by atoms with Crippen molar-refractivity contribution in [3.8, 4) is 0 Å². The van der Waals surface area contributed by atoms with Gasteiger partial charge in [0.15, 0.2) is 0 Å². The molecule has 0 fully saturated rings. The number of halogens is 1. The van der Waals surface area contributed by atoms with Crippen LogP contribution < -0.4 is 9.62 Å². The minimum Gasteiger partial charge on any atom is -0.354 e. The lowest BCUT2D eigenvalue weighted by molar-refractivity contribution is -0.139. The molecule has 0 aliphatic heterocycles. The average Bonchev–Trinajstić information content (AvgIpc) is 2.79. The monoisotopic (exact) mass is 521 g/mol. The summed E-state index contributed by atoms with van der Waals surface area (Å²) in [5.74, 6) is -0.522. The second kappa shape index (κ2) is 12.4. The van der Waals surface area contributed by atoms with E-state index in [4.69, 9.17) is 11.6 Å². The predicted molar refractivity (Wildman–Crippen MR) is 142 cm³/mol. The van der Waals surface area contributed by atoms with Crippen molar-refractivity contribution in [2.45, 2.75) is 53.1 Å². The van der Waals surface area contributed by atoms with E-state index in [9.17, 15) is 18.0 Å². The molecule has 0 aliphatic carbocycles. The molecule has 0 saturated heterocycles. The molecule has 0 aromatic heterocycles. The Labute approximate surface area is 214 Å². The predicted octanol–water partition coefficient (Wildman–Crippen LogP) is 4.42. The lowest BCUT2D eigenvalue weighted by Crippen LogP contribution is -2.51. The Morgan fingerprint density at radius 1 is 0.971 bits per heavy atom. The Morgan fingerprint density at radius 3 is 2.14 bits per heavy atom. The van der Waals surface area contributed by atoms with E-state index in [-0.39, 0.29) is 24.3 Å². The number of nitrogens with zero attached hydrogens (tertiary/aromatic N) is 2. The molecule has 2 rings (SSSR count). The SMILES string of the molecule is CC(C)CNC(=O)C(C)N(Cc1ccccc1Cl)C(=O)CN(c1ccccc1C(C)C)S(C)(=O)=O. The third-order valence-electron chi connectivity index (χ3n) is 5.66. The Morgan fingerprint density at radius 2 is 1.57 bits per heavy atom. The van der Waals surface area contributed by atoms with Gasteiger partial charge in [-0.3, -0.25) is 13.9 Å². The fourth-order valence-corrected chi connectivity index (χ4v) is 4.71. The van der Waals surface area contributed by atoms with Gasteiger partial charge in [0, 0.05) is 18.1 Å². The first kappa shape index (κ1) is 28.7. The van der Waals surface area contributed by atoms with E-state index >= 15 is 0 Å². The number of hydrogen-bond acceptors (Lipinski definition) is 4. The van der Waals surface area contributed by atoms with Gasteiger partial charge in [0.05, 0.1) is 11.9 Å². The fraction of sp³-hybridized carbons (Fsp3) is 0.462. The summed E-state index contributed by atoms with van der Waals surface area (Å²) in [7, 11) is -3.79. The maximum Gasteiger partial charge on any atom is 0.244 e. The lowest BCUT2D eigenvalue weighted by atomic mass is 10.0. The number of para-hydroxylation sites is 1. The first-order valence-corrected chi connectivity index (χ1v) is 13.9. The van der Waals surface area contributed by atoms with Crippen LogP contribution in [0.1, 0.15) is 51.7 Å². The summed E-state index contributed by atoms with van der Waals surface area (Å²) in [6.45, 7) is 9.62. The van der Waals surface area contributed by atoms with E-state index in [0.29, 0.717) is 22.8 Å². The molecule has 0 heterocycles. The van der Waals surface area contributed by atoms with Crippen LogP contribution in [-0.4, -0.2) is 50.5 Å². The van der Waals surface area contributed by atoms with Crippen molar-refractivity contribution >= 4 is 39.1 Å². The first-order chi connectivity index (χ1) is 16.3. The van der Waals surface area contributed by atoms with Crippen molar-refractivity contribution in [3.05, 3.63) is 64.7 Å². The molecule has 9 heteroatoms. The highest BCUT2D eigenvalue weighted by Crippen LogP contribution is 2.29. The van der Waals surface area contributed by atoms with Gasteiger partial charge < -0.3 is 10.2 Å². The molecule has 0 bridgehead atoms. The zero-order valence-electron chi connectivity index (χ0n) is 21.3. The fourth-order valence-electron chi connectivity index (χ4n) is 3.64. The lowest BCUT2D eigenvalue weighted by Gasteiger charge is -2.32. The molecule has 7 nitrogen and oxygen atoms in total. The van der Waals surface area contributed by atoms with Crippen LogP contribution in [-0.2, 0) is 26.2 Å². The summed E-state index contributed by atoms with van der Waals surface area (Å²) in [6.07, 6.45) is 1.08. The van der Waals surface area contributed by atoms with Crippen LogP contribution in [0.4, 0.5) is 5.69 Å². The third kappa shape index (κ3) is 7.97. The number of sulfonamides is 1. The van der Waals surface area contributed by atoms with Gasteiger partial charge >= 0.3 is 0 Å². The van der Waals surface area contributed by atoms with Gasteiger partial charge in [-0.1, -0.05) is 75.7 Å². The van der Waals surface area contributed by atoms with Crippen molar-refractivity contribution < 1.29 is 18.0 Å². The third-order valence-corrected chi connectivity index (χ3v) is 7.15. The van der Waals surface area contributed by atoms with Crippen molar-refractivity contribution in [2.24, 2.45) is 5.92 Å². The maximum atomic E-state index is 13.7. The van der Waals surface area contributed by atoms with Crippen LogP contribution >= 0.6 is 11.6 Å². The van der Waals surface area contributed by atoms with Crippen LogP contribution in [0.15, 0.2) is 48.5 Å². The molecule has 2 amide bonds. The Hall–Kier alpha value is -2.58. The molecule has 1 N–H and O–H groups in total. The Balaban J connectivity index is 2.45. The number of anilines is 1. The summed E-state index contributed by atoms with van der Waals surface area (Å²) in [6, 6.07) is 13.4. The van der Waals surface area contributed by atoms with Gasteiger partial charge in [-0.15, -0.1) is 0 Å². The van der Waals surface area contributed by atoms with Crippen molar-refractivity contribution in [2.75, 3.05) is 23.7 Å². The highest BCUT2D eigenvalue weighted by molar-refractivity contribution is 7.92. The van der Waals surface area contributed by atoms with Gasteiger partial charge in [-0.25, -0.2) is 8.42 Å². The molecule has 2 aromatic carbocycles. The van der Waals surface area contributed by atoms with Crippen molar-refractivity contribution in [3.63, 3.8) is 0 Å². The van der Waals surface area contributed by atoms with Gasteiger partial charge in [0.2, 0.25) is 21.8 Å². The Kier molecular flexibility index (Phi) is 10.2. The molecule has 0 spiro atoms. The molecular formula is C26H36ClN3O4S. The van der Waals surface area contributed by atoms with Crippen molar-refractivity contribution in [1.29, 1.82) is 0 Å². The van der Waals surface area contributed by atoms with Crippen LogP contribution in [0.3, 0.4) is 0 Å². The molecule has 1 unspecified atom stereocenters. The summed E-state index contributed by atoms with van der Waals surface area (Å²) in [5, 5.41) is 3.32. The zero-order chi connectivity index (χ0) is 26.3. The van der Waals surface area contributed by atoms with E-state index in [1.807, 2.05) is 39.8 Å². The summed E-state index contributed by atoms with van der Waals surface area (Å²) >= 11 is 6.34. The number of benzene rings is 2. The second-order valence-electron chi connectivity index (χ2n) is 9.41. The number of carbonyl (C=O) groups is 2. The normalized spacial score (nSPS) is 12.5. The molecule has 0 saturated carbocycles. The standard InChI is InChI=1S/C26H36ClN3O4S/c1-18(2)15-28-26(32)20(5)29(16-21-11-7-9-13-23(21)27)25(31)17-30(35(6,33)34)24-14-10-8-12-22(24)19(3)4/h7-14,18-20H,15-17H2,1-6H3,(H,28,32). The van der Waals surface area contributed by atoms with E-state index < -0.39 is 28.5 Å². The van der Waals surface area contributed by atoms with Crippen LogP contribution in [0.5, 0.6) is 0 Å². The molecule has 0 aliphatic rings. The molecule has 192 valence electrons. The average molecular weight is 522 g/mol. The van der Waals surface area contributed by atoms with Crippen LogP contribution in [0.25, 0.3) is 0 Å². The highest BCUT2D eigenvalue weighted by atomic mass is 35.5. The van der Waals surface area contributed by atoms with E-state index in [0.717, 1.165) is 16.1 Å². The minimum atomic E-state index is -3.79. The molecule has 1 atom stereocenters. The zero-order valence-corrected chi connectivity index (χ0v) is 22.9. The van der Waals surface area contributed by atoms with E-state index in [2.05, 4.69) is 5.32 Å². The summed E-state index contributed by atoms with van der Waals surface area (Å²) in [5.41, 5.74) is 1.93. The number of nitrogens with one attached hydrogen (secondary N) is 1.